The Bertz CT molecular complexity index is 730. The first-order valence-electron chi connectivity index (χ1n) is 10.2. The molecule has 0 spiro atoms. The highest BCUT2D eigenvalue weighted by Gasteiger charge is 2.29. The molecule has 0 amide bonds. The van der Waals surface area contributed by atoms with Gasteiger partial charge in [-0.25, -0.2) is 0 Å². The molecule has 0 heterocycles. The zero-order chi connectivity index (χ0) is 21.0. The number of rotatable bonds is 7. The normalized spacial score (nSPS) is 15.2. The van der Waals surface area contributed by atoms with E-state index in [1.165, 1.54) is 6.42 Å². The summed E-state index contributed by atoms with van der Waals surface area (Å²) in [4.78, 5) is 0. The lowest BCUT2D eigenvalue weighted by Crippen LogP contribution is -2.19. The third-order valence-corrected chi connectivity index (χ3v) is 6.10. The molecule has 0 bridgehead atoms. The topological polar surface area (TPSA) is 121 Å². The number of aliphatic hydroxyl groups is 4. The van der Waals surface area contributed by atoms with E-state index in [4.69, 9.17) is 0 Å². The highest BCUT2D eigenvalue weighted by molar-refractivity contribution is 5.50. The third-order valence-electron chi connectivity index (χ3n) is 6.10. The molecule has 3 rings (SSSR count). The smallest absolute Gasteiger partial charge is 0.126 e. The zero-order valence-electron chi connectivity index (χ0n) is 16.5. The van der Waals surface area contributed by atoms with Gasteiger partial charge in [-0.2, -0.15) is 0 Å². The summed E-state index contributed by atoms with van der Waals surface area (Å²) >= 11 is 0. The van der Waals surface area contributed by atoms with Gasteiger partial charge in [0.1, 0.15) is 11.5 Å². The van der Waals surface area contributed by atoms with E-state index in [-0.39, 0.29) is 43.8 Å². The van der Waals surface area contributed by atoms with Gasteiger partial charge in [0.15, 0.2) is 0 Å². The van der Waals surface area contributed by atoms with E-state index in [1.54, 1.807) is 24.3 Å². The van der Waals surface area contributed by atoms with Gasteiger partial charge in [-0.05, 0) is 54.2 Å². The number of benzene rings is 2. The first kappa shape index (κ1) is 21.6. The summed E-state index contributed by atoms with van der Waals surface area (Å²) in [5.41, 5.74) is 3.15. The molecule has 2 aromatic carbocycles. The fraction of sp³-hybridized carbons (Fsp3) is 0.478. The molecule has 6 N–H and O–H groups in total. The Hall–Kier alpha value is -2.12. The average Bonchev–Trinajstić information content (AvgIpc) is 2.76. The average molecular weight is 402 g/mol. The lowest BCUT2D eigenvalue weighted by atomic mass is 9.72. The van der Waals surface area contributed by atoms with Gasteiger partial charge in [-0.3, -0.25) is 0 Å². The lowest BCUT2D eigenvalue weighted by molar-refractivity contribution is 0.262. The minimum absolute atomic E-state index is 0.0982. The summed E-state index contributed by atoms with van der Waals surface area (Å²) in [7, 11) is 0. The predicted molar refractivity (Wildman–Crippen MR) is 108 cm³/mol. The van der Waals surface area contributed by atoms with Crippen LogP contribution in [0.15, 0.2) is 24.3 Å². The quantitative estimate of drug-likeness (QED) is 0.424. The first-order valence-corrected chi connectivity index (χ1v) is 10.2. The van der Waals surface area contributed by atoms with Crippen molar-refractivity contribution in [3.8, 4) is 11.5 Å². The number of hydrogen-bond donors (Lipinski definition) is 6. The summed E-state index contributed by atoms with van der Waals surface area (Å²) in [5.74, 6) is -0.00500. The van der Waals surface area contributed by atoms with Crippen molar-refractivity contribution in [1.82, 2.24) is 0 Å². The van der Waals surface area contributed by atoms with Crippen LogP contribution in [0.4, 0.5) is 0 Å². The summed E-state index contributed by atoms with van der Waals surface area (Å²) in [6, 6.07) is 7.05. The first-order chi connectivity index (χ1) is 14.0. The van der Waals surface area contributed by atoms with Gasteiger partial charge in [-0.1, -0.05) is 19.3 Å². The molecule has 1 aliphatic rings. The molecule has 0 aromatic heterocycles. The van der Waals surface area contributed by atoms with Crippen molar-refractivity contribution in [3.05, 3.63) is 57.6 Å². The van der Waals surface area contributed by atoms with Crippen LogP contribution in [0, 0.1) is 5.92 Å². The van der Waals surface area contributed by atoms with Gasteiger partial charge in [-0.15, -0.1) is 0 Å². The molecule has 2 aromatic rings. The van der Waals surface area contributed by atoms with E-state index >= 15 is 0 Å². The molecule has 1 fully saturated rings. The maximum atomic E-state index is 10.3. The fourth-order valence-electron chi connectivity index (χ4n) is 4.62. The molecule has 0 saturated heterocycles. The Morgan fingerprint density at radius 2 is 0.966 bits per heavy atom. The molecule has 29 heavy (non-hydrogen) atoms. The molecule has 0 aliphatic heterocycles. The van der Waals surface area contributed by atoms with E-state index in [1.807, 2.05) is 0 Å². The van der Waals surface area contributed by atoms with E-state index in [9.17, 15) is 30.6 Å². The molecular weight excluding hydrogens is 372 g/mol. The van der Waals surface area contributed by atoms with Crippen molar-refractivity contribution in [2.75, 3.05) is 0 Å². The van der Waals surface area contributed by atoms with Crippen LogP contribution in [0.1, 0.15) is 71.4 Å². The van der Waals surface area contributed by atoms with Crippen LogP contribution in [0.25, 0.3) is 0 Å². The maximum Gasteiger partial charge on any atom is 0.126 e. The molecule has 6 heteroatoms. The summed E-state index contributed by atoms with van der Waals surface area (Å²) in [5, 5.41) is 59.3. The zero-order valence-corrected chi connectivity index (χ0v) is 16.5. The molecular formula is C23H30O6. The van der Waals surface area contributed by atoms with Crippen molar-refractivity contribution < 1.29 is 30.6 Å². The van der Waals surface area contributed by atoms with Crippen LogP contribution < -0.4 is 0 Å². The van der Waals surface area contributed by atoms with Gasteiger partial charge in [0, 0.05) is 28.2 Å². The van der Waals surface area contributed by atoms with Crippen molar-refractivity contribution in [1.29, 1.82) is 0 Å². The lowest BCUT2D eigenvalue weighted by Gasteiger charge is -2.32. The summed E-state index contributed by atoms with van der Waals surface area (Å²) in [6.45, 7) is -1.38. The largest absolute Gasteiger partial charge is 0.507 e. The molecule has 158 valence electrons. The van der Waals surface area contributed by atoms with Gasteiger partial charge < -0.3 is 30.6 Å². The Morgan fingerprint density at radius 1 is 0.621 bits per heavy atom. The standard InChI is InChI=1S/C23H30O6/c24-10-17-6-15(7-18(11-25)22(17)28)21(14-4-2-1-3-5-14)16-8-19(12-26)23(29)20(9-16)13-27/h6-9,14,21,24-29H,1-5,10-13H2. The van der Waals surface area contributed by atoms with Crippen molar-refractivity contribution in [2.24, 2.45) is 5.92 Å². The number of aliphatic hydroxyl groups excluding tert-OH is 4. The highest BCUT2D eigenvalue weighted by Crippen LogP contribution is 2.43. The van der Waals surface area contributed by atoms with Crippen LogP contribution in [-0.4, -0.2) is 30.6 Å². The van der Waals surface area contributed by atoms with E-state index in [0.717, 1.165) is 36.8 Å². The summed E-state index contributed by atoms with van der Waals surface area (Å²) in [6.07, 6.45) is 5.42. The minimum atomic E-state index is -0.344. The number of aromatic hydroxyl groups is 2. The predicted octanol–water partition coefficient (Wildman–Crippen LogP) is 2.78. The second-order valence-electron chi connectivity index (χ2n) is 7.88. The molecule has 1 aliphatic carbocycles. The van der Waals surface area contributed by atoms with E-state index in [0.29, 0.717) is 28.2 Å². The van der Waals surface area contributed by atoms with Crippen LogP contribution in [0.2, 0.25) is 0 Å². The van der Waals surface area contributed by atoms with Crippen LogP contribution in [-0.2, 0) is 26.4 Å². The molecule has 6 nitrogen and oxygen atoms in total. The number of hydrogen-bond acceptors (Lipinski definition) is 6. The molecule has 0 radical (unpaired) electrons. The van der Waals surface area contributed by atoms with Gasteiger partial charge in [0.05, 0.1) is 26.4 Å². The Balaban J connectivity index is 2.19. The molecule has 0 unspecified atom stereocenters. The highest BCUT2D eigenvalue weighted by atomic mass is 16.3. The van der Waals surface area contributed by atoms with Crippen molar-refractivity contribution in [3.63, 3.8) is 0 Å². The third kappa shape index (κ3) is 4.41. The van der Waals surface area contributed by atoms with Crippen LogP contribution in [0.5, 0.6) is 11.5 Å². The van der Waals surface area contributed by atoms with E-state index in [2.05, 4.69) is 0 Å². The maximum absolute atomic E-state index is 10.3. The van der Waals surface area contributed by atoms with Crippen molar-refractivity contribution in [2.45, 2.75) is 64.4 Å². The Labute approximate surface area is 170 Å². The molecule has 1 saturated carbocycles. The second-order valence-corrected chi connectivity index (χ2v) is 7.88. The van der Waals surface area contributed by atoms with Gasteiger partial charge >= 0.3 is 0 Å². The number of phenols is 2. The van der Waals surface area contributed by atoms with Crippen LogP contribution >= 0.6 is 0 Å². The van der Waals surface area contributed by atoms with Crippen molar-refractivity contribution >= 4 is 0 Å². The Morgan fingerprint density at radius 3 is 1.28 bits per heavy atom. The Kier molecular flexibility index (Phi) is 7.14. The van der Waals surface area contributed by atoms with E-state index < -0.39 is 0 Å². The monoisotopic (exact) mass is 402 g/mol. The minimum Gasteiger partial charge on any atom is -0.507 e. The molecule has 0 atom stereocenters. The van der Waals surface area contributed by atoms with Gasteiger partial charge in [0.25, 0.3) is 0 Å². The van der Waals surface area contributed by atoms with Crippen LogP contribution in [0.3, 0.4) is 0 Å². The second kappa shape index (κ2) is 9.59. The fourth-order valence-corrected chi connectivity index (χ4v) is 4.62. The SMILES string of the molecule is OCc1cc(C(c2cc(CO)c(O)c(CO)c2)C2CCCCC2)cc(CO)c1O. The summed E-state index contributed by atoms with van der Waals surface area (Å²) < 4.78 is 0. The van der Waals surface area contributed by atoms with Gasteiger partial charge in [0.2, 0.25) is 0 Å².